The van der Waals surface area contributed by atoms with E-state index < -0.39 is 0 Å². The van der Waals surface area contributed by atoms with Crippen molar-refractivity contribution in [2.75, 3.05) is 60.9 Å². The van der Waals surface area contributed by atoms with Crippen LogP contribution in [0.5, 0.6) is 0 Å². The third-order valence-electron chi connectivity index (χ3n) is 7.66. The van der Waals surface area contributed by atoms with Gasteiger partial charge in [0.15, 0.2) is 0 Å². The summed E-state index contributed by atoms with van der Waals surface area (Å²) in [6, 6.07) is 0. The summed E-state index contributed by atoms with van der Waals surface area (Å²) in [6.45, 7) is 12.5. The molecule has 0 aliphatic carbocycles. The summed E-state index contributed by atoms with van der Waals surface area (Å²) in [5.74, 6) is 4.90. The molecular formula is C30H59N15. The summed E-state index contributed by atoms with van der Waals surface area (Å²) in [5, 5.41) is 20.4. The number of nitrogens with one attached hydrogen (secondary N) is 6. The maximum absolute atomic E-state index is 5.10. The fraction of sp³-hybridized carbons (Fsp3) is 0.800. The monoisotopic (exact) mass is 630 g/mol. The van der Waals surface area contributed by atoms with E-state index in [-0.39, 0.29) is 18.5 Å². The number of guanidine groups is 6. The lowest BCUT2D eigenvalue weighted by atomic mass is 10.2. The van der Waals surface area contributed by atoms with E-state index in [1.807, 2.05) is 40.0 Å². The zero-order valence-corrected chi connectivity index (χ0v) is 28.9. The molecule has 0 spiro atoms. The van der Waals surface area contributed by atoms with Crippen molar-refractivity contribution in [2.45, 2.75) is 97.6 Å². The Morgan fingerprint density at radius 1 is 0.533 bits per heavy atom. The van der Waals surface area contributed by atoms with Crippen LogP contribution in [0.2, 0.25) is 0 Å². The van der Waals surface area contributed by atoms with Gasteiger partial charge in [-0.15, -0.1) is 0 Å². The predicted molar refractivity (Wildman–Crippen MR) is 188 cm³/mol. The number of hydrogen-bond donors (Lipinski definition) is 6. The van der Waals surface area contributed by atoms with Crippen molar-refractivity contribution in [3.8, 4) is 0 Å². The minimum Gasteiger partial charge on any atom is -0.359 e. The molecule has 3 rings (SSSR count). The van der Waals surface area contributed by atoms with Gasteiger partial charge in [0.1, 0.15) is 18.5 Å². The van der Waals surface area contributed by atoms with Gasteiger partial charge in [-0.2, -0.15) is 0 Å². The Morgan fingerprint density at radius 3 is 1.60 bits per heavy atom. The minimum atomic E-state index is -0.258. The molecule has 0 fully saturated rings. The molecule has 0 saturated heterocycles. The van der Waals surface area contributed by atoms with Gasteiger partial charge in [0.05, 0.1) is 0 Å². The van der Waals surface area contributed by atoms with E-state index in [1.165, 1.54) is 12.8 Å². The van der Waals surface area contributed by atoms with Gasteiger partial charge in [0.2, 0.25) is 35.8 Å². The van der Waals surface area contributed by atoms with Crippen LogP contribution in [0.1, 0.15) is 79.1 Å². The van der Waals surface area contributed by atoms with Crippen LogP contribution < -0.4 is 31.9 Å². The van der Waals surface area contributed by atoms with Gasteiger partial charge >= 0.3 is 0 Å². The van der Waals surface area contributed by atoms with Gasteiger partial charge in [0, 0.05) is 73.8 Å². The van der Waals surface area contributed by atoms with Gasteiger partial charge in [-0.3, -0.25) is 14.7 Å². The van der Waals surface area contributed by atoms with Crippen LogP contribution in [0.3, 0.4) is 0 Å². The molecule has 3 unspecified atom stereocenters. The van der Waals surface area contributed by atoms with E-state index in [1.54, 1.807) is 0 Å². The average molecular weight is 630 g/mol. The van der Waals surface area contributed by atoms with E-state index in [9.17, 15) is 0 Å². The summed E-state index contributed by atoms with van der Waals surface area (Å²) in [4.78, 5) is 35.6. The van der Waals surface area contributed by atoms with Crippen LogP contribution in [-0.4, -0.2) is 130 Å². The molecule has 15 heteroatoms. The van der Waals surface area contributed by atoms with Crippen LogP contribution in [0.25, 0.3) is 0 Å². The van der Waals surface area contributed by atoms with Crippen molar-refractivity contribution in [1.82, 2.24) is 46.6 Å². The Hall–Kier alpha value is -3.78. The molecule has 0 radical (unpaired) electrons. The molecule has 3 aliphatic heterocycles. The van der Waals surface area contributed by atoms with Gasteiger partial charge in [-0.05, 0) is 26.2 Å². The normalized spacial score (nSPS) is 21.6. The van der Waals surface area contributed by atoms with Crippen molar-refractivity contribution in [1.29, 1.82) is 0 Å². The van der Waals surface area contributed by atoms with E-state index >= 15 is 0 Å². The molecule has 0 aromatic rings. The van der Waals surface area contributed by atoms with E-state index in [0.717, 1.165) is 81.1 Å². The second-order valence-electron chi connectivity index (χ2n) is 11.3. The molecule has 0 aromatic heterocycles. The summed E-state index contributed by atoms with van der Waals surface area (Å²) in [5.41, 5.74) is 0. The van der Waals surface area contributed by atoms with Gasteiger partial charge in [0.25, 0.3) is 0 Å². The fourth-order valence-electron chi connectivity index (χ4n) is 5.20. The third-order valence-corrected chi connectivity index (χ3v) is 7.66. The van der Waals surface area contributed by atoms with E-state index in [2.05, 4.69) is 62.5 Å². The van der Waals surface area contributed by atoms with Crippen molar-refractivity contribution >= 4 is 35.8 Å². The molecule has 3 aliphatic rings. The highest BCUT2D eigenvalue weighted by Crippen LogP contribution is 2.16. The first kappa shape index (κ1) is 35.7. The molecule has 0 saturated carbocycles. The first-order valence-corrected chi connectivity index (χ1v) is 16.9. The zero-order chi connectivity index (χ0) is 32.6. The first-order chi connectivity index (χ1) is 21.9. The molecular weight excluding hydrogens is 570 g/mol. The molecule has 45 heavy (non-hydrogen) atoms. The molecule has 254 valence electrons. The molecule has 0 aromatic carbocycles. The highest BCUT2D eigenvalue weighted by Gasteiger charge is 2.29. The third kappa shape index (κ3) is 10.4. The topological polar surface area (TPSA) is 156 Å². The Balaban J connectivity index is 1.75. The largest absolute Gasteiger partial charge is 0.359 e. The Labute approximate surface area is 270 Å². The van der Waals surface area contributed by atoms with Crippen molar-refractivity contribution in [3.63, 3.8) is 0 Å². The molecule has 6 N–H and O–H groups in total. The molecule has 0 amide bonds. The summed E-state index contributed by atoms with van der Waals surface area (Å²) in [6.07, 6.45) is 7.45. The lowest BCUT2D eigenvalue weighted by Gasteiger charge is -2.35. The smallest absolute Gasteiger partial charge is 0.203 e. The molecule has 3 heterocycles. The summed E-state index contributed by atoms with van der Waals surface area (Å²) >= 11 is 0. The van der Waals surface area contributed by atoms with Gasteiger partial charge in [-0.25, -0.2) is 30.0 Å². The first-order valence-electron chi connectivity index (χ1n) is 16.9. The number of unbranched alkanes of at least 4 members (excludes halogenated alkanes) is 3. The summed E-state index contributed by atoms with van der Waals surface area (Å²) in [7, 11) is 7.70. The van der Waals surface area contributed by atoms with E-state index in [0.29, 0.717) is 25.9 Å². The maximum atomic E-state index is 5.10. The molecule has 3 atom stereocenters. The van der Waals surface area contributed by atoms with Crippen molar-refractivity contribution in [2.24, 2.45) is 30.0 Å². The van der Waals surface area contributed by atoms with Crippen LogP contribution in [0, 0.1) is 0 Å². The highest BCUT2D eigenvalue weighted by molar-refractivity contribution is 6.01. The summed E-state index contributed by atoms with van der Waals surface area (Å²) < 4.78 is 0. The average Bonchev–Trinajstić information content (AvgIpc) is 3.05. The van der Waals surface area contributed by atoms with Crippen molar-refractivity contribution in [3.05, 3.63) is 0 Å². The highest BCUT2D eigenvalue weighted by atomic mass is 15.5. The molecule has 15 nitrogen and oxygen atoms in total. The Bertz CT molecular complexity index is 1090. The van der Waals surface area contributed by atoms with E-state index in [4.69, 9.17) is 30.0 Å². The molecule has 0 bridgehead atoms. The number of nitrogens with zero attached hydrogens (tertiary/aromatic N) is 9. The van der Waals surface area contributed by atoms with Crippen LogP contribution in [0.15, 0.2) is 30.0 Å². The quantitative estimate of drug-likeness (QED) is 0.147. The fourth-order valence-corrected chi connectivity index (χ4v) is 5.20. The Kier molecular flexibility index (Phi) is 15.0. The zero-order valence-electron chi connectivity index (χ0n) is 28.9. The second-order valence-corrected chi connectivity index (χ2v) is 11.3. The van der Waals surface area contributed by atoms with Crippen LogP contribution >= 0.6 is 0 Å². The standard InChI is InChI=1S/C30H59N15/c1-9-12-14-19-35-28-41-23(39-25(31-5)43(28)8)15-21-45-27(33-7)40-24(42-30(45)36-18-13-10-2)16-20-44-26(32-6)37-22(4)38-29(44)34-17-11-3/h22-24H,9-21H2,1-8H3,(H,31,39)(H,32,37)(H,33,40)(H,34,38)(H,35,41)(H,36,42). The number of rotatable bonds is 15. The minimum absolute atomic E-state index is 0.136. The SMILES string of the molecule is CCCCCNC1=NC(CCN2C(NC)=NC(CCN3C(NC)=NC(C)N=C3NCCC)N=C2NCCCC)N=C(NC)N1C. The lowest BCUT2D eigenvalue weighted by Crippen LogP contribution is -2.55. The van der Waals surface area contributed by atoms with Crippen LogP contribution in [-0.2, 0) is 0 Å². The lowest BCUT2D eigenvalue weighted by molar-refractivity contribution is 0.439. The Morgan fingerprint density at radius 2 is 1.00 bits per heavy atom. The number of aliphatic imine (C=N–C) groups is 6. The number of hydrogen-bond acceptors (Lipinski definition) is 15. The van der Waals surface area contributed by atoms with Crippen molar-refractivity contribution < 1.29 is 0 Å². The van der Waals surface area contributed by atoms with Crippen LogP contribution in [0.4, 0.5) is 0 Å². The predicted octanol–water partition coefficient (Wildman–Crippen LogP) is 1.30. The van der Waals surface area contributed by atoms with Gasteiger partial charge < -0.3 is 31.9 Å². The second kappa shape index (κ2) is 18.9. The maximum Gasteiger partial charge on any atom is 0.203 e. The van der Waals surface area contributed by atoms with Gasteiger partial charge in [-0.1, -0.05) is 40.0 Å².